The number of esters is 4. The number of aliphatic hydroxyl groups excluding tert-OH is 1. The zero-order chi connectivity index (χ0) is 54.1. The largest absolute Gasteiger partial charge is 0.472 e. The summed E-state index contributed by atoms with van der Waals surface area (Å²) in [6, 6.07) is 0. The van der Waals surface area contributed by atoms with E-state index in [1.165, 1.54) is 83.5 Å². The summed E-state index contributed by atoms with van der Waals surface area (Å²) in [4.78, 5) is 71.3. The molecule has 0 aliphatic heterocycles. The standard InChI is InChI=1S/C54H104O17P2/c1-5-9-13-17-20-22-24-26-29-33-37-41-54(59)71-50(45-65-52(57)39-35-32-28-25-23-21-18-14-10-6-2)47-69-73(62,63)67-43-48(55)42-66-72(60,61)68-46-49(70-53(58)40-36-30-16-12-8-4)44-64-51(56)38-34-31-27-19-15-11-7-3/h48-50,55H,5-47H2,1-4H3,(H,60,61)(H,62,63)/t48-,49+,50+/m0/s1. The number of unbranched alkanes of at least 4 members (excludes halogenated alkanes) is 29. The molecule has 0 fully saturated rings. The minimum Gasteiger partial charge on any atom is -0.462 e. The number of ether oxygens (including phenoxy) is 4. The molecule has 73 heavy (non-hydrogen) atoms. The topological polar surface area (TPSA) is 237 Å². The van der Waals surface area contributed by atoms with Crippen molar-refractivity contribution in [2.75, 3.05) is 39.6 Å². The molecule has 19 heteroatoms. The lowest BCUT2D eigenvalue weighted by Crippen LogP contribution is -2.30. The van der Waals surface area contributed by atoms with E-state index in [0.29, 0.717) is 25.7 Å². The average molecular weight is 1090 g/mol. The summed E-state index contributed by atoms with van der Waals surface area (Å²) in [5.41, 5.74) is 0. The molecule has 0 bridgehead atoms. The lowest BCUT2D eigenvalue weighted by Gasteiger charge is -2.21. The molecule has 5 atom stereocenters. The van der Waals surface area contributed by atoms with Crippen LogP contribution in [-0.2, 0) is 65.4 Å². The van der Waals surface area contributed by atoms with E-state index in [9.17, 15) is 43.2 Å². The number of phosphoric ester groups is 2. The Hall–Kier alpha value is -1.94. The zero-order valence-corrected chi connectivity index (χ0v) is 47.9. The quantitative estimate of drug-likeness (QED) is 0.0222. The highest BCUT2D eigenvalue weighted by molar-refractivity contribution is 7.47. The Kier molecular flexibility index (Phi) is 48.3. The van der Waals surface area contributed by atoms with Crippen molar-refractivity contribution in [2.45, 2.75) is 284 Å². The van der Waals surface area contributed by atoms with Crippen molar-refractivity contribution >= 4 is 39.5 Å². The Morgan fingerprint density at radius 2 is 0.548 bits per heavy atom. The molecule has 3 N–H and O–H groups in total. The van der Waals surface area contributed by atoms with Crippen molar-refractivity contribution in [2.24, 2.45) is 0 Å². The van der Waals surface area contributed by atoms with Crippen LogP contribution in [0.15, 0.2) is 0 Å². The van der Waals surface area contributed by atoms with Crippen LogP contribution in [0.25, 0.3) is 0 Å². The van der Waals surface area contributed by atoms with E-state index in [0.717, 1.165) is 103 Å². The summed E-state index contributed by atoms with van der Waals surface area (Å²) in [7, 11) is -9.85. The lowest BCUT2D eigenvalue weighted by atomic mass is 10.1. The van der Waals surface area contributed by atoms with Gasteiger partial charge in [-0.15, -0.1) is 0 Å². The summed E-state index contributed by atoms with van der Waals surface area (Å²) in [5.74, 6) is -2.16. The van der Waals surface area contributed by atoms with Gasteiger partial charge in [-0.2, -0.15) is 0 Å². The number of carbonyl (C=O) groups excluding carboxylic acids is 4. The molecule has 0 aromatic heterocycles. The summed E-state index contributed by atoms with van der Waals surface area (Å²) >= 11 is 0. The van der Waals surface area contributed by atoms with E-state index in [1.807, 2.05) is 0 Å². The minimum atomic E-state index is -4.93. The molecule has 0 rings (SSSR count). The molecule has 0 radical (unpaired) electrons. The fourth-order valence-electron chi connectivity index (χ4n) is 7.87. The smallest absolute Gasteiger partial charge is 0.462 e. The molecule has 2 unspecified atom stereocenters. The van der Waals surface area contributed by atoms with Crippen molar-refractivity contribution in [3.05, 3.63) is 0 Å². The maximum absolute atomic E-state index is 12.9. The highest BCUT2D eigenvalue weighted by atomic mass is 31.2. The van der Waals surface area contributed by atoms with Crippen molar-refractivity contribution in [1.29, 1.82) is 0 Å². The molecule has 0 amide bonds. The van der Waals surface area contributed by atoms with Gasteiger partial charge >= 0.3 is 39.5 Å². The van der Waals surface area contributed by atoms with Gasteiger partial charge in [0.15, 0.2) is 12.2 Å². The number of rotatable bonds is 55. The molecule has 0 aromatic rings. The number of hydrogen-bond donors (Lipinski definition) is 3. The first kappa shape index (κ1) is 71.1. The molecule has 0 saturated carbocycles. The second kappa shape index (κ2) is 49.6. The third-order valence-electron chi connectivity index (χ3n) is 12.4. The molecule has 0 aliphatic rings. The molecule has 0 spiro atoms. The summed E-state index contributed by atoms with van der Waals surface area (Å²) < 4.78 is 67.2. The first-order chi connectivity index (χ1) is 35.2. The van der Waals surface area contributed by atoms with Crippen LogP contribution in [0.3, 0.4) is 0 Å². The van der Waals surface area contributed by atoms with Gasteiger partial charge in [-0.25, -0.2) is 9.13 Å². The number of carbonyl (C=O) groups is 4. The molecule has 17 nitrogen and oxygen atoms in total. The molecule has 0 aliphatic carbocycles. The molecule has 0 aromatic carbocycles. The van der Waals surface area contributed by atoms with Crippen LogP contribution in [0.2, 0.25) is 0 Å². The van der Waals surface area contributed by atoms with E-state index in [1.54, 1.807) is 0 Å². The lowest BCUT2D eigenvalue weighted by molar-refractivity contribution is -0.161. The maximum atomic E-state index is 12.9. The molecular weight excluding hydrogens is 983 g/mol. The molecular formula is C54H104O17P2. The molecule has 432 valence electrons. The predicted octanol–water partition coefficient (Wildman–Crippen LogP) is 14.0. The van der Waals surface area contributed by atoms with Crippen LogP contribution in [-0.4, -0.2) is 96.7 Å². The van der Waals surface area contributed by atoms with E-state index in [4.69, 9.17) is 37.0 Å². The van der Waals surface area contributed by atoms with E-state index in [2.05, 4.69) is 27.7 Å². The highest BCUT2D eigenvalue weighted by Gasteiger charge is 2.30. The van der Waals surface area contributed by atoms with E-state index < -0.39 is 97.5 Å². The second-order valence-electron chi connectivity index (χ2n) is 19.6. The van der Waals surface area contributed by atoms with Gasteiger partial charge in [-0.3, -0.25) is 37.3 Å². The summed E-state index contributed by atoms with van der Waals surface area (Å²) in [6.07, 6.45) is 31.2. The summed E-state index contributed by atoms with van der Waals surface area (Å²) in [6.45, 7) is 4.67. The Morgan fingerprint density at radius 3 is 0.808 bits per heavy atom. The van der Waals surface area contributed by atoms with Gasteiger partial charge < -0.3 is 33.8 Å². The fourth-order valence-corrected chi connectivity index (χ4v) is 9.44. The van der Waals surface area contributed by atoms with Gasteiger partial charge in [0, 0.05) is 25.7 Å². The van der Waals surface area contributed by atoms with Crippen molar-refractivity contribution < 1.29 is 80.2 Å². The minimum absolute atomic E-state index is 0.0995. The predicted molar refractivity (Wildman–Crippen MR) is 285 cm³/mol. The Morgan fingerprint density at radius 1 is 0.329 bits per heavy atom. The van der Waals surface area contributed by atoms with Crippen LogP contribution >= 0.6 is 15.6 Å². The third-order valence-corrected chi connectivity index (χ3v) is 14.3. The van der Waals surface area contributed by atoms with Gasteiger partial charge in [-0.1, -0.05) is 214 Å². The Labute approximate surface area is 441 Å². The Balaban J connectivity index is 5.16. The van der Waals surface area contributed by atoms with Gasteiger partial charge in [0.25, 0.3) is 0 Å². The fraction of sp³-hybridized carbons (Fsp3) is 0.926. The molecule has 0 heterocycles. The van der Waals surface area contributed by atoms with Crippen LogP contribution < -0.4 is 0 Å². The van der Waals surface area contributed by atoms with Gasteiger partial charge in [0.2, 0.25) is 0 Å². The Bertz CT molecular complexity index is 1440. The zero-order valence-electron chi connectivity index (χ0n) is 46.1. The average Bonchev–Trinajstić information content (AvgIpc) is 3.36. The second-order valence-corrected chi connectivity index (χ2v) is 22.5. The number of aliphatic hydroxyl groups is 1. The van der Waals surface area contributed by atoms with Crippen molar-refractivity contribution in [3.63, 3.8) is 0 Å². The van der Waals surface area contributed by atoms with Gasteiger partial charge in [0.1, 0.15) is 19.3 Å². The first-order valence-electron chi connectivity index (χ1n) is 28.8. The van der Waals surface area contributed by atoms with Crippen LogP contribution in [0.1, 0.15) is 265 Å². The van der Waals surface area contributed by atoms with Crippen LogP contribution in [0.5, 0.6) is 0 Å². The highest BCUT2D eigenvalue weighted by Crippen LogP contribution is 2.45. The van der Waals surface area contributed by atoms with Gasteiger partial charge in [-0.05, 0) is 25.7 Å². The number of phosphoric acid groups is 2. The normalized spacial score (nSPS) is 14.5. The first-order valence-corrected chi connectivity index (χ1v) is 31.8. The number of hydrogen-bond acceptors (Lipinski definition) is 15. The SMILES string of the molecule is CCCCCCCCCCCCCC(=O)O[C@H](COC(=O)CCCCCCCCCCCC)COP(=O)(O)OC[C@@H](O)COP(=O)(O)OC[C@@H](COC(=O)CCCCCCCCC)OC(=O)CCCCCCC. The third kappa shape index (κ3) is 49.4. The monoisotopic (exact) mass is 1090 g/mol. The summed E-state index contributed by atoms with van der Waals surface area (Å²) in [5, 5.41) is 10.4. The van der Waals surface area contributed by atoms with Crippen molar-refractivity contribution in [1.82, 2.24) is 0 Å². The van der Waals surface area contributed by atoms with Crippen LogP contribution in [0, 0.1) is 0 Å². The van der Waals surface area contributed by atoms with Gasteiger partial charge in [0.05, 0.1) is 26.4 Å². The maximum Gasteiger partial charge on any atom is 0.472 e. The van der Waals surface area contributed by atoms with Crippen LogP contribution in [0.4, 0.5) is 0 Å². The van der Waals surface area contributed by atoms with Crippen molar-refractivity contribution in [3.8, 4) is 0 Å². The van der Waals surface area contributed by atoms with E-state index in [-0.39, 0.29) is 25.7 Å². The van der Waals surface area contributed by atoms with E-state index >= 15 is 0 Å². The molecule has 0 saturated heterocycles.